The summed E-state index contributed by atoms with van der Waals surface area (Å²) >= 11 is 0. The molecular weight excluding hydrogens is 527 g/mol. The lowest BCUT2D eigenvalue weighted by Gasteiger charge is -2.34. The Bertz CT molecular complexity index is 1380. The number of likely N-dealkylation sites (tertiary alicyclic amines) is 1. The van der Waals surface area contributed by atoms with Crippen LogP contribution in [0.3, 0.4) is 0 Å². The Labute approximate surface area is 229 Å². The molecule has 3 fully saturated rings. The fraction of sp³-hybridized carbons (Fsp3) is 0.556. The van der Waals surface area contributed by atoms with Gasteiger partial charge in [0.25, 0.3) is 5.91 Å². The van der Waals surface area contributed by atoms with Gasteiger partial charge in [0.05, 0.1) is 5.92 Å². The molecule has 1 aliphatic carbocycles. The first-order valence-electron chi connectivity index (χ1n) is 13.4. The molecule has 3 aromatic rings. The number of piperidine rings is 2. The van der Waals surface area contributed by atoms with Crippen molar-refractivity contribution in [1.82, 2.24) is 24.8 Å². The van der Waals surface area contributed by atoms with E-state index in [9.17, 15) is 18.0 Å². The van der Waals surface area contributed by atoms with Crippen LogP contribution in [0.5, 0.6) is 5.88 Å². The van der Waals surface area contributed by atoms with Gasteiger partial charge in [-0.15, -0.1) is 0 Å². The Balaban J connectivity index is 1.12. The van der Waals surface area contributed by atoms with Gasteiger partial charge in [0.15, 0.2) is 0 Å². The summed E-state index contributed by atoms with van der Waals surface area (Å²) in [5, 5.41) is 8.26. The van der Waals surface area contributed by atoms with Gasteiger partial charge >= 0.3 is 6.18 Å². The summed E-state index contributed by atoms with van der Waals surface area (Å²) in [6.45, 7) is 5.38. The van der Waals surface area contributed by atoms with Crippen molar-refractivity contribution in [2.45, 2.75) is 44.5 Å². The lowest BCUT2D eigenvalue weighted by atomic mass is 9.94. The van der Waals surface area contributed by atoms with E-state index in [4.69, 9.17) is 15.0 Å². The minimum absolute atomic E-state index is 0.0327. The Morgan fingerprint density at radius 1 is 1.10 bits per heavy atom. The summed E-state index contributed by atoms with van der Waals surface area (Å²) in [5.74, 6) is -0.0573. The standard InChI is InChI=1S/C27H32F3N7O3/c1-26(2,31)16-10-22(36-7-4-15(5-8-36)27(28,29)30)32-23(11-16)40-24-17-13-37(14-18(17)24)25(38)21-12-20(33-35(21)3)19-6-9-39-34-19/h6,9-12,15,17-18,24H,4-5,7-8,13-14,31H2,1-3H3/t17-,18+,24?. The number of halogens is 3. The number of aromatic nitrogens is 4. The van der Waals surface area contributed by atoms with E-state index in [0.717, 1.165) is 5.56 Å². The molecule has 5 heterocycles. The van der Waals surface area contributed by atoms with Crippen LogP contribution >= 0.6 is 0 Å². The number of carbonyl (C=O) groups is 1. The summed E-state index contributed by atoms with van der Waals surface area (Å²) in [5.41, 5.74) is 8.09. The molecule has 1 unspecified atom stereocenters. The molecule has 0 spiro atoms. The molecule has 3 atom stereocenters. The van der Waals surface area contributed by atoms with Gasteiger partial charge in [0.1, 0.15) is 35.3 Å². The number of hydrogen-bond donors (Lipinski definition) is 1. The highest BCUT2D eigenvalue weighted by molar-refractivity contribution is 5.94. The van der Waals surface area contributed by atoms with E-state index in [0.29, 0.717) is 41.9 Å². The zero-order valence-electron chi connectivity index (χ0n) is 22.6. The van der Waals surface area contributed by atoms with E-state index in [1.165, 1.54) is 6.26 Å². The highest BCUT2D eigenvalue weighted by atomic mass is 19.4. The van der Waals surface area contributed by atoms with Gasteiger partial charge in [-0.05, 0) is 44.4 Å². The Hall–Kier alpha value is -3.61. The minimum Gasteiger partial charge on any atom is -0.474 e. The van der Waals surface area contributed by atoms with Crippen LogP contribution in [0.4, 0.5) is 19.0 Å². The average Bonchev–Trinajstić information content (AvgIpc) is 3.41. The number of amides is 1. The Morgan fingerprint density at radius 3 is 2.40 bits per heavy atom. The second-order valence-electron chi connectivity index (χ2n) is 11.6. The number of alkyl halides is 3. The number of nitrogens with zero attached hydrogens (tertiary/aromatic N) is 6. The van der Waals surface area contributed by atoms with E-state index >= 15 is 0 Å². The maximum atomic E-state index is 13.2. The molecule has 0 aromatic carbocycles. The molecule has 214 valence electrons. The number of pyridine rings is 1. The third-order valence-electron chi connectivity index (χ3n) is 8.27. The molecular formula is C27H32F3N7O3. The van der Waals surface area contributed by atoms with E-state index < -0.39 is 17.6 Å². The first kappa shape index (κ1) is 26.6. The number of carbonyl (C=O) groups excluding carboxylic acids is 1. The van der Waals surface area contributed by atoms with Crippen molar-refractivity contribution in [3.8, 4) is 17.3 Å². The monoisotopic (exact) mass is 559 g/mol. The largest absolute Gasteiger partial charge is 0.474 e. The van der Waals surface area contributed by atoms with Gasteiger partial charge in [0, 0.05) is 62.7 Å². The third-order valence-corrected chi connectivity index (χ3v) is 8.27. The zero-order valence-corrected chi connectivity index (χ0v) is 22.6. The van der Waals surface area contributed by atoms with Gasteiger partial charge in [-0.25, -0.2) is 0 Å². The number of hydrogen-bond acceptors (Lipinski definition) is 8. The third kappa shape index (κ3) is 5.02. The molecule has 3 aliphatic rings. The molecule has 13 heteroatoms. The van der Waals surface area contributed by atoms with Crippen LogP contribution in [0.15, 0.2) is 35.1 Å². The molecule has 1 saturated carbocycles. The predicted molar refractivity (Wildman–Crippen MR) is 138 cm³/mol. The van der Waals surface area contributed by atoms with Crippen molar-refractivity contribution in [3.63, 3.8) is 0 Å². The first-order valence-corrected chi connectivity index (χ1v) is 13.4. The molecule has 0 bridgehead atoms. The van der Waals surface area contributed by atoms with Crippen LogP contribution in [0, 0.1) is 17.8 Å². The normalized spacial score (nSPS) is 23.4. The maximum absolute atomic E-state index is 13.2. The molecule has 2 saturated heterocycles. The van der Waals surface area contributed by atoms with Gasteiger partial charge in [-0.2, -0.15) is 23.3 Å². The number of rotatable bonds is 6. The highest BCUT2D eigenvalue weighted by Gasteiger charge is 2.59. The topological polar surface area (TPSA) is 116 Å². The second kappa shape index (κ2) is 9.50. The van der Waals surface area contributed by atoms with Crippen LogP contribution < -0.4 is 15.4 Å². The number of ether oxygens (including phenoxy) is 1. The fourth-order valence-electron chi connectivity index (χ4n) is 5.77. The number of fused-ring (bicyclic) bond motifs is 1. The Morgan fingerprint density at radius 2 is 1.80 bits per heavy atom. The second-order valence-corrected chi connectivity index (χ2v) is 11.6. The summed E-state index contributed by atoms with van der Waals surface area (Å²) in [6.07, 6.45) is -2.74. The molecule has 1 amide bonds. The quantitative estimate of drug-likeness (QED) is 0.487. The fourth-order valence-corrected chi connectivity index (χ4v) is 5.77. The maximum Gasteiger partial charge on any atom is 0.391 e. The van der Waals surface area contributed by atoms with Crippen LogP contribution in [0.1, 0.15) is 42.7 Å². The first-order chi connectivity index (χ1) is 18.9. The zero-order chi connectivity index (χ0) is 28.4. The van der Waals surface area contributed by atoms with Gasteiger partial charge in [0.2, 0.25) is 5.88 Å². The molecule has 10 nitrogen and oxygen atoms in total. The molecule has 6 rings (SSSR count). The van der Waals surface area contributed by atoms with Crippen molar-refractivity contribution in [1.29, 1.82) is 0 Å². The molecule has 3 aromatic heterocycles. The van der Waals surface area contributed by atoms with Crippen LogP contribution in [-0.2, 0) is 12.6 Å². The van der Waals surface area contributed by atoms with E-state index in [1.807, 2.05) is 35.8 Å². The molecule has 40 heavy (non-hydrogen) atoms. The number of nitrogens with two attached hydrogens (primary N) is 1. The van der Waals surface area contributed by atoms with Crippen molar-refractivity contribution in [3.05, 3.63) is 41.8 Å². The molecule has 0 radical (unpaired) electrons. The SMILES string of the molecule is Cn1nc(-c2ccon2)cc1C(=O)N1C[C@@H]2C(Oc3cc(C(C)(C)N)cc(N4CCC(C(F)(F)F)CC4)n3)[C@@H]2C1. The number of anilines is 1. The van der Waals surface area contributed by atoms with Gasteiger partial charge in [-0.1, -0.05) is 5.16 Å². The van der Waals surface area contributed by atoms with Crippen molar-refractivity contribution in [2.75, 3.05) is 31.1 Å². The van der Waals surface area contributed by atoms with Gasteiger partial charge < -0.3 is 24.8 Å². The van der Waals surface area contributed by atoms with E-state index in [-0.39, 0.29) is 49.8 Å². The number of aryl methyl sites for hydroxylation is 1. The van der Waals surface area contributed by atoms with Crippen LogP contribution in [0.2, 0.25) is 0 Å². The minimum atomic E-state index is -4.18. The summed E-state index contributed by atoms with van der Waals surface area (Å²) in [7, 11) is 1.72. The van der Waals surface area contributed by atoms with E-state index in [2.05, 4.69) is 15.2 Å². The lowest BCUT2D eigenvalue weighted by Crippen LogP contribution is -2.39. The van der Waals surface area contributed by atoms with Crippen LogP contribution in [-0.4, -0.2) is 69.2 Å². The summed E-state index contributed by atoms with van der Waals surface area (Å²) in [4.78, 5) is 21.6. The van der Waals surface area contributed by atoms with Crippen LogP contribution in [0.25, 0.3) is 11.4 Å². The predicted octanol–water partition coefficient (Wildman–Crippen LogP) is 3.59. The summed E-state index contributed by atoms with van der Waals surface area (Å²) < 4.78 is 52.2. The smallest absolute Gasteiger partial charge is 0.391 e. The Kier molecular flexibility index (Phi) is 6.32. The lowest BCUT2D eigenvalue weighted by molar-refractivity contribution is -0.179. The van der Waals surface area contributed by atoms with Crippen molar-refractivity contribution >= 4 is 11.7 Å². The molecule has 2 N–H and O–H groups in total. The van der Waals surface area contributed by atoms with Crippen molar-refractivity contribution < 1.29 is 27.2 Å². The van der Waals surface area contributed by atoms with E-state index in [1.54, 1.807) is 23.9 Å². The highest BCUT2D eigenvalue weighted by Crippen LogP contribution is 2.48. The molecule has 2 aliphatic heterocycles. The average molecular weight is 560 g/mol. The summed E-state index contributed by atoms with van der Waals surface area (Å²) in [6, 6.07) is 7.05. The van der Waals surface area contributed by atoms with Gasteiger partial charge in [-0.3, -0.25) is 9.48 Å². The van der Waals surface area contributed by atoms with Crippen molar-refractivity contribution in [2.24, 2.45) is 30.5 Å².